The number of fused-ring (bicyclic) bond motifs is 1. The Kier molecular flexibility index (Phi) is 4.93. The Hall–Kier alpha value is -2.16. The molecular formula is C21H25N3O4S. The van der Waals surface area contributed by atoms with Crippen LogP contribution in [0, 0.1) is 5.41 Å². The number of benzene rings is 1. The highest BCUT2D eigenvalue weighted by Crippen LogP contribution is 2.48. The van der Waals surface area contributed by atoms with Crippen molar-refractivity contribution in [2.24, 2.45) is 5.41 Å². The van der Waals surface area contributed by atoms with Gasteiger partial charge in [-0.2, -0.15) is 0 Å². The van der Waals surface area contributed by atoms with Gasteiger partial charge in [-0.3, -0.25) is 9.19 Å². The summed E-state index contributed by atoms with van der Waals surface area (Å²) < 4.78 is 30.3. The predicted octanol–water partition coefficient (Wildman–Crippen LogP) is 2.71. The van der Waals surface area contributed by atoms with E-state index in [9.17, 15) is 4.21 Å². The number of hydrogen-bond donors (Lipinski definition) is 1. The molecule has 1 saturated carbocycles. The summed E-state index contributed by atoms with van der Waals surface area (Å²) in [4.78, 5) is 6.38. The Morgan fingerprint density at radius 1 is 1.28 bits per heavy atom. The van der Waals surface area contributed by atoms with Crippen molar-refractivity contribution in [1.82, 2.24) is 4.98 Å². The minimum Gasteiger partial charge on any atom is -0.488 e. The fourth-order valence-corrected chi connectivity index (χ4v) is 5.04. The first-order valence-electron chi connectivity index (χ1n) is 9.88. The largest absolute Gasteiger partial charge is 0.488 e. The SMILES string of the molecule is CN1c2ccccc2NC1S(=O)Cc1cc(OCC2OCC3(CC3)CO2)ccn1. The molecule has 1 aliphatic carbocycles. The van der Waals surface area contributed by atoms with Crippen molar-refractivity contribution in [3.63, 3.8) is 0 Å². The van der Waals surface area contributed by atoms with Crippen molar-refractivity contribution in [3.8, 4) is 5.75 Å². The molecule has 1 spiro atoms. The van der Waals surface area contributed by atoms with Gasteiger partial charge in [0.05, 0.1) is 46.8 Å². The average molecular weight is 416 g/mol. The molecular weight excluding hydrogens is 390 g/mol. The van der Waals surface area contributed by atoms with Crippen LogP contribution in [0.2, 0.25) is 0 Å². The van der Waals surface area contributed by atoms with E-state index >= 15 is 0 Å². The Morgan fingerprint density at radius 3 is 2.83 bits per heavy atom. The number of nitrogens with zero attached hydrogens (tertiary/aromatic N) is 2. The summed E-state index contributed by atoms with van der Waals surface area (Å²) in [5.74, 6) is 1.02. The zero-order chi connectivity index (χ0) is 19.8. The van der Waals surface area contributed by atoms with Crippen molar-refractivity contribution >= 4 is 22.2 Å². The summed E-state index contributed by atoms with van der Waals surface area (Å²) in [6.07, 6.45) is 3.75. The van der Waals surface area contributed by atoms with Gasteiger partial charge in [-0.25, -0.2) is 0 Å². The van der Waals surface area contributed by atoms with Crippen LogP contribution < -0.4 is 15.0 Å². The minimum absolute atomic E-state index is 0.280. The molecule has 2 aliphatic heterocycles. The van der Waals surface area contributed by atoms with E-state index in [0.717, 1.165) is 30.3 Å². The van der Waals surface area contributed by atoms with E-state index in [2.05, 4.69) is 10.3 Å². The van der Waals surface area contributed by atoms with Gasteiger partial charge in [-0.15, -0.1) is 0 Å². The van der Waals surface area contributed by atoms with Gasteiger partial charge in [0.15, 0.2) is 11.8 Å². The van der Waals surface area contributed by atoms with Crippen LogP contribution in [0.5, 0.6) is 5.75 Å². The summed E-state index contributed by atoms with van der Waals surface area (Å²) >= 11 is 0. The van der Waals surface area contributed by atoms with Crippen LogP contribution in [-0.4, -0.2) is 47.8 Å². The lowest BCUT2D eigenvalue weighted by atomic mass is 10.1. The fraction of sp³-hybridized carbons (Fsp3) is 0.476. The fourth-order valence-electron chi connectivity index (χ4n) is 3.71. The number of anilines is 2. The van der Waals surface area contributed by atoms with Gasteiger partial charge in [-0.1, -0.05) is 12.1 Å². The third kappa shape index (κ3) is 3.97. The van der Waals surface area contributed by atoms with Crippen molar-refractivity contribution in [2.45, 2.75) is 30.4 Å². The van der Waals surface area contributed by atoms with E-state index < -0.39 is 10.8 Å². The third-order valence-corrected chi connectivity index (χ3v) is 7.25. The molecule has 1 aromatic carbocycles. The summed E-state index contributed by atoms with van der Waals surface area (Å²) in [6.45, 7) is 1.85. The zero-order valence-electron chi connectivity index (χ0n) is 16.4. The molecule has 29 heavy (non-hydrogen) atoms. The van der Waals surface area contributed by atoms with Gasteiger partial charge in [0.2, 0.25) is 0 Å². The van der Waals surface area contributed by atoms with E-state index in [1.807, 2.05) is 42.3 Å². The Balaban J connectivity index is 1.16. The van der Waals surface area contributed by atoms with E-state index in [1.165, 1.54) is 12.8 Å². The molecule has 1 saturated heterocycles. The van der Waals surface area contributed by atoms with Gasteiger partial charge in [0.25, 0.3) is 0 Å². The first-order chi connectivity index (χ1) is 14.1. The molecule has 3 heterocycles. The molecule has 0 radical (unpaired) electrons. The second kappa shape index (κ2) is 7.59. The summed E-state index contributed by atoms with van der Waals surface area (Å²) in [7, 11) is 0.775. The van der Waals surface area contributed by atoms with E-state index in [4.69, 9.17) is 14.2 Å². The Bertz CT molecular complexity index is 910. The highest BCUT2D eigenvalue weighted by molar-refractivity contribution is 7.85. The smallest absolute Gasteiger partial charge is 0.191 e. The monoisotopic (exact) mass is 415 g/mol. The summed E-state index contributed by atoms with van der Waals surface area (Å²) in [6, 6.07) is 11.6. The quantitative estimate of drug-likeness (QED) is 0.778. The summed E-state index contributed by atoms with van der Waals surface area (Å²) in [5, 5.41) is 3.33. The molecule has 1 N–H and O–H groups in total. The highest BCUT2D eigenvalue weighted by Gasteiger charge is 2.47. The lowest BCUT2D eigenvalue weighted by Crippen LogP contribution is -2.37. The zero-order valence-corrected chi connectivity index (χ0v) is 17.2. The van der Waals surface area contributed by atoms with Crippen molar-refractivity contribution < 1.29 is 18.4 Å². The number of aromatic nitrogens is 1. The number of hydrogen-bond acceptors (Lipinski definition) is 7. The minimum atomic E-state index is -1.17. The normalized spacial score (nSPS) is 23.5. The first-order valence-corrected chi connectivity index (χ1v) is 11.3. The number of ether oxygens (including phenoxy) is 3. The number of rotatable bonds is 6. The molecule has 2 atom stereocenters. The topological polar surface area (TPSA) is 72.9 Å². The molecule has 1 aromatic heterocycles. The van der Waals surface area contributed by atoms with Crippen LogP contribution >= 0.6 is 0 Å². The van der Waals surface area contributed by atoms with Gasteiger partial charge >= 0.3 is 0 Å². The second-order valence-corrected chi connectivity index (χ2v) is 9.49. The molecule has 2 unspecified atom stereocenters. The van der Waals surface area contributed by atoms with Crippen LogP contribution in [0.3, 0.4) is 0 Å². The lowest BCUT2D eigenvalue weighted by Gasteiger charge is -2.29. The van der Waals surface area contributed by atoms with Gasteiger partial charge in [0, 0.05) is 24.7 Å². The molecule has 0 amide bonds. The molecule has 2 fully saturated rings. The highest BCUT2D eigenvalue weighted by atomic mass is 32.2. The van der Waals surface area contributed by atoms with Gasteiger partial charge in [-0.05, 0) is 31.0 Å². The Labute approximate surface area is 172 Å². The standard InChI is InChI=1S/C21H25N3O4S/c1-24-18-5-3-2-4-17(18)23-20(24)29(25)12-15-10-16(6-9-22-15)26-11-19-27-13-21(7-8-21)14-28-19/h2-6,9-10,19-20,23H,7-8,11-14H2,1H3. The molecule has 8 heteroatoms. The molecule has 7 nitrogen and oxygen atoms in total. The van der Waals surface area contributed by atoms with Crippen LogP contribution in [-0.2, 0) is 26.0 Å². The lowest BCUT2D eigenvalue weighted by molar-refractivity contribution is -0.217. The molecule has 0 bridgehead atoms. The third-order valence-electron chi connectivity index (χ3n) is 5.74. The van der Waals surface area contributed by atoms with E-state index in [1.54, 1.807) is 12.3 Å². The number of para-hydroxylation sites is 2. The van der Waals surface area contributed by atoms with Crippen LogP contribution in [0.25, 0.3) is 0 Å². The maximum Gasteiger partial charge on any atom is 0.191 e. The van der Waals surface area contributed by atoms with Crippen molar-refractivity contribution in [2.75, 3.05) is 37.1 Å². The molecule has 3 aliphatic rings. The van der Waals surface area contributed by atoms with Crippen LogP contribution in [0.4, 0.5) is 11.4 Å². The molecule has 154 valence electrons. The van der Waals surface area contributed by atoms with Crippen LogP contribution in [0.1, 0.15) is 18.5 Å². The van der Waals surface area contributed by atoms with Crippen molar-refractivity contribution in [1.29, 1.82) is 0 Å². The number of pyridine rings is 1. The molecule has 2 aromatic rings. The first kappa shape index (κ1) is 18.8. The Morgan fingerprint density at radius 2 is 2.07 bits per heavy atom. The van der Waals surface area contributed by atoms with Gasteiger partial charge < -0.3 is 24.4 Å². The number of nitrogens with one attached hydrogen (secondary N) is 1. The van der Waals surface area contributed by atoms with Crippen molar-refractivity contribution in [3.05, 3.63) is 48.3 Å². The van der Waals surface area contributed by atoms with E-state index in [-0.39, 0.29) is 17.2 Å². The summed E-state index contributed by atoms with van der Waals surface area (Å²) in [5.41, 5.74) is 2.79. The second-order valence-electron chi connectivity index (χ2n) is 8.00. The average Bonchev–Trinajstić information content (AvgIpc) is 3.41. The maximum atomic E-state index is 13.0. The molecule has 5 rings (SSSR count). The maximum absolute atomic E-state index is 13.0. The van der Waals surface area contributed by atoms with E-state index in [0.29, 0.717) is 18.1 Å². The predicted molar refractivity (Wildman–Crippen MR) is 111 cm³/mol. The van der Waals surface area contributed by atoms with Gasteiger partial charge in [0.1, 0.15) is 12.4 Å². The van der Waals surface area contributed by atoms with Crippen LogP contribution in [0.15, 0.2) is 42.6 Å².